The molecule has 0 spiro atoms. The molecule has 1 aliphatic heterocycles. The van der Waals surface area contributed by atoms with Crippen LogP contribution in [-0.2, 0) is 9.53 Å². The van der Waals surface area contributed by atoms with Gasteiger partial charge in [0.1, 0.15) is 12.2 Å². The van der Waals surface area contributed by atoms with Crippen LogP contribution in [0.1, 0.15) is 6.23 Å². The minimum atomic E-state index is -1.45. The fourth-order valence-corrected chi connectivity index (χ4v) is 3.40. The van der Waals surface area contributed by atoms with Crippen molar-refractivity contribution in [1.29, 1.82) is 0 Å². The molecular weight excluding hydrogens is 414 g/mol. The number of hydrogen-bond donors (Lipinski definition) is 4. The van der Waals surface area contributed by atoms with E-state index in [1.807, 2.05) is 0 Å². The number of hydrogen-bond acceptors (Lipinski definition) is 9. The second-order valence-electron chi connectivity index (χ2n) is 6.50. The summed E-state index contributed by atoms with van der Waals surface area (Å²) in [6, 6.07) is 1.66. The van der Waals surface area contributed by atoms with E-state index in [1.54, 1.807) is 19.3 Å². The number of pyridine rings is 1. The Hall–Kier alpha value is -3.12. The first-order valence-electron chi connectivity index (χ1n) is 8.90. The van der Waals surface area contributed by atoms with Crippen molar-refractivity contribution in [2.45, 2.75) is 24.5 Å². The molecule has 0 bridgehead atoms. The minimum Gasteiger partial charge on any atom is -0.387 e. The predicted octanol–water partition coefficient (Wildman–Crippen LogP) is 0.462. The van der Waals surface area contributed by atoms with Gasteiger partial charge in [-0.2, -0.15) is 0 Å². The number of nitrogens with zero attached hydrogens (tertiary/aromatic N) is 5. The Bertz CT molecular complexity index is 1120. The largest absolute Gasteiger partial charge is 0.387 e. The molecular formula is C18H18ClN7O4. The van der Waals surface area contributed by atoms with Crippen LogP contribution in [0.25, 0.3) is 22.6 Å². The van der Waals surface area contributed by atoms with E-state index in [9.17, 15) is 15.0 Å². The molecule has 0 unspecified atom stereocenters. The molecule has 4 rings (SSSR count). The fraction of sp³-hybridized carbons (Fsp3) is 0.278. The Morgan fingerprint density at radius 1 is 1.33 bits per heavy atom. The van der Waals surface area contributed by atoms with Crippen LogP contribution in [0.15, 0.2) is 37.6 Å². The Morgan fingerprint density at radius 2 is 2.13 bits per heavy atom. The molecule has 0 radical (unpaired) electrons. The topological polar surface area (TPSA) is 147 Å². The van der Waals surface area contributed by atoms with Crippen LogP contribution < -0.4 is 10.6 Å². The number of carbonyl (C=O) groups excluding carboxylic acids is 1. The Balaban J connectivity index is 1.79. The number of aliphatic hydroxyl groups excluding tert-OH is 2. The van der Waals surface area contributed by atoms with Gasteiger partial charge in [-0.05, 0) is 12.3 Å². The standard InChI is InChI=1S/C18H18ClN7O4/c1-3-22-17(29)13-11(27)12(28)18(30-13)26-7-23-10-15(20-2)24-14(25-16(10)26)8-4-9(19)6-21-5-8/h3-7,11-13,18,27-28H,1H2,2H3,(H,22,29)(H,20,24,25)/t11-,12+,13-,18+/m0/s1. The van der Waals surface area contributed by atoms with Crippen molar-refractivity contribution < 1.29 is 19.7 Å². The smallest absolute Gasteiger partial charge is 0.255 e. The quantitative estimate of drug-likeness (QED) is 0.452. The number of aromatic nitrogens is 5. The molecule has 0 saturated carbocycles. The number of aliphatic hydroxyl groups is 2. The van der Waals surface area contributed by atoms with Gasteiger partial charge in [-0.15, -0.1) is 0 Å². The van der Waals surface area contributed by atoms with Crippen LogP contribution in [0.3, 0.4) is 0 Å². The van der Waals surface area contributed by atoms with E-state index in [2.05, 4.69) is 37.1 Å². The number of imidazole rings is 1. The van der Waals surface area contributed by atoms with Crippen molar-refractivity contribution in [3.05, 3.63) is 42.6 Å². The number of halogens is 1. The summed E-state index contributed by atoms with van der Waals surface area (Å²) in [5.41, 5.74) is 1.32. The Kier molecular flexibility index (Phi) is 5.35. The van der Waals surface area contributed by atoms with Gasteiger partial charge in [0.25, 0.3) is 5.91 Å². The highest BCUT2D eigenvalue weighted by atomic mass is 35.5. The molecule has 4 atom stereocenters. The van der Waals surface area contributed by atoms with Crippen molar-refractivity contribution >= 4 is 34.5 Å². The lowest BCUT2D eigenvalue weighted by Crippen LogP contribution is -2.40. The van der Waals surface area contributed by atoms with Crippen LogP contribution >= 0.6 is 11.6 Å². The van der Waals surface area contributed by atoms with E-state index >= 15 is 0 Å². The third-order valence-corrected chi connectivity index (χ3v) is 4.84. The maximum Gasteiger partial charge on any atom is 0.255 e. The maximum absolute atomic E-state index is 12.1. The summed E-state index contributed by atoms with van der Waals surface area (Å²) in [6.07, 6.45) is 0.385. The van der Waals surface area contributed by atoms with Crippen molar-refractivity contribution in [1.82, 2.24) is 29.8 Å². The summed E-state index contributed by atoms with van der Waals surface area (Å²) in [4.78, 5) is 29.4. The average molecular weight is 432 g/mol. The molecule has 0 aliphatic carbocycles. The molecule has 3 aromatic heterocycles. The minimum absolute atomic E-state index is 0.317. The highest BCUT2D eigenvalue weighted by Gasteiger charge is 2.47. The molecule has 12 heteroatoms. The lowest BCUT2D eigenvalue weighted by atomic mass is 10.1. The Labute approximate surface area is 175 Å². The van der Waals surface area contributed by atoms with E-state index in [-0.39, 0.29) is 0 Å². The summed E-state index contributed by atoms with van der Waals surface area (Å²) in [7, 11) is 1.68. The van der Waals surface area contributed by atoms with Crippen molar-refractivity contribution in [3.63, 3.8) is 0 Å². The van der Waals surface area contributed by atoms with E-state index in [0.717, 1.165) is 0 Å². The molecule has 1 fully saturated rings. The van der Waals surface area contributed by atoms with Gasteiger partial charge < -0.3 is 25.6 Å². The zero-order valence-corrected chi connectivity index (χ0v) is 16.5. The van der Waals surface area contributed by atoms with Crippen molar-refractivity contribution in [2.75, 3.05) is 12.4 Å². The number of fused-ring (bicyclic) bond motifs is 1. The molecule has 1 amide bonds. The van der Waals surface area contributed by atoms with E-state index < -0.39 is 30.4 Å². The van der Waals surface area contributed by atoms with Crippen molar-refractivity contribution in [3.8, 4) is 11.4 Å². The first-order chi connectivity index (χ1) is 14.4. The number of anilines is 1. The Morgan fingerprint density at radius 3 is 2.83 bits per heavy atom. The summed E-state index contributed by atoms with van der Waals surface area (Å²) in [5.74, 6) is 0.125. The first-order valence-corrected chi connectivity index (χ1v) is 9.28. The number of rotatable bonds is 5. The van der Waals surface area contributed by atoms with Gasteiger partial charge in [0, 0.05) is 25.0 Å². The molecule has 1 aliphatic rings. The highest BCUT2D eigenvalue weighted by Crippen LogP contribution is 2.33. The summed E-state index contributed by atoms with van der Waals surface area (Å²) < 4.78 is 7.08. The van der Waals surface area contributed by atoms with Gasteiger partial charge in [0.2, 0.25) is 0 Å². The summed E-state index contributed by atoms with van der Waals surface area (Å²) in [6.45, 7) is 3.40. The highest BCUT2D eigenvalue weighted by molar-refractivity contribution is 6.30. The number of amides is 1. The van der Waals surface area contributed by atoms with Crippen LogP contribution in [0.4, 0.5) is 5.82 Å². The third-order valence-electron chi connectivity index (χ3n) is 4.64. The molecule has 4 heterocycles. The zero-order chi connectivity index (χ0) is 21.4. The maximum atomic E-state index is 12.1. The van der Waals surface area contributed by atoms with Crippen LogP contribution in [0.5, 0.6) is 0 Å². The van der Waals surface area contributed by atoms with Gasteiger partial charge in [-0.3, -0.25) is 14.3 Å². The van der Waals surface area contributed by atoms with Gasteiger partial charge in [0.15, 0.2) is 35.1 Å². The second-order valence-corrected chi connectivity index (χ2v) is 6.94. The second kappa shape index (κ2) is 7.95. The molecule has 1 saturated heterocycles. The number of ether oxygens (including phenoxy) is 1. The molecule has 11 nitrogen and oxygen atoms in total. The molecule has 156 valence electrons. The fourth-order valence-electron chi connectivity index (χ4n) is 3.23. The van der Waals surface area contributed by atoms with E-state index in [4.69, 9.17) is 16.3 Å². The van der Waals surface area contributed by atoms with Gasteiger partial charge in [0.05, 0.1) is 11.3 Å². The van der Waals surface area contributed by atoms with Gasteiger partial charge in [-0.25, -0.2) is 15.0 Å². The number of nitrogens with one attached hydrogen (secondary N) is 2. The molecule has 30 heavy (non-hydrogen) atoms. The lowest BCUT2D eigenvalue weighted by molar-refractivity contribution is -0.136. The van der Waals surface area contributed by atoms with Crippen molar-refractivity contribution in [2.24, 2.45) is 0 Å². The number of carbonyl (C=O) groups is 1. The monoisotopic (exact) mass is 431 g/mol. The van der Waals surface area contributed by atoms with E-state index in [1.165, 1.54) is 23.3 Å². The average Bonchev–Trinajstić information content (AvgIpc) is 3.29. The SMILES string of the molecule is C=CNC(=O)[C@H]1O[C@@H](n2cnc3c(NC)nc(-c4cncc(Cl)c4)nc32)[C@H](O)[C@@H]1O. The summed E-state index contributed by atoms with van der Waals surface area (Å²) in [5, 5.41) is 26.5. The van der Waals surface area contributed by atoms with Crippen LogP contribution in [-0.4, -0.2) is 66.0 Å². The van der Waals surface area contributed by atoms with Crippen LogP contribution in [0, 0.1) is 0 Å². The lowest BCUT2D eigenvalue weighted by Gasteiger charge is -2.17. The molecule has 4 N–H and O–H groups in total. The molecule has 3 aromatic rings. The van der Waals surface area contributed by atoms with E-state index in [0.29, 0.717) is 33.4 Å². The summed E-state index contributed by atoms with van der Waals surface area (Å²) >= 11 is 6.03. The predicted molar refractivity (Wildman–Crippen MR) is 107 cm³/mol. The first kappa shape index (κ1) is 20.2. The van der Waals surface area contributed by atoms with Gasteiger partial charge >= 0.3 is 0 Å². The van der Waals surface area contributed by atoms with Gasteiger partial charge in [-0.1, -0.05) is 18.2 Å². The normalized spacial score (nSPS) is 23.5. The third kappa shape index (κ3) is 3.37. The molecule has 0 aromatic carbocycles. The zero-order valence-electron chi connectivity index (χ0n) is 15.7. The van der Waals surface area contributed by atoms with Crippen LogP contribution in [0.2, 0.25) is 5.02 Å².